The Bertz CT molecular complexity index is 449. The first-order valence-corrected chi connectivity index (χ1v) is 5.04. The average Bonchev–Trinajstić information content (AvgIpc) is 2.64. The number of aliphatic hydroxyl groups is 2. The van der Waals surface area contributed by atoms with Gasteiger partial charge in [-0.05, 0) is 0 Å². The van der Waals surface area contributed by atoms with Gasteiger partial charge in [-0.3, -0.25) is 0 Å². The third-order valence-electron chi connectivity index (χ3n) is 2.46. The van der Waals surface area contributed by atoms with Gasteiger partial charge in [0.15, 0.2) is 6.10 Å². The Balaban J connectivity index is 2.09. The number of nitrogens with zero attached hydrogens (tertiary/aromatic N) is 2. The first kappa shape index (κ1) is 11.8. The van der Waals surface area contributed by atoms with Gasteiger partial charge in [0.2, 0.25) is 0 Å². The number of hydrogen-bond acceptors (Lipinski definition) is 7. The molecule has 0 aromatic carbocycles. The second-order valence-electron chi connectivity index (χ2n) is 3.65. The largest absolute Gasteiger partial charge is 0.401 e. The summed E-state index contributed by atoms with van der Waals surface area (Å²) in [5.41, 5.74) is 4.64. The van der Waals surface area contributed by atoms with Crippen molar-refractivity contribution in [1.29, 1.82) is 0 Å². The van der Waals surface area contributed by atoms with Gasteiger partial charge in [-0.25, -0.2) is 4.79 Å². The summed E-state index contributed by atoms with van der Waals surface area (Å²) in [6.07, 6.45) is -1.11. The van der Waals surface area contributed by atoms with E-state index in [4.69, 9.17) is 20.4 Å². The van der Waals surface area contributed by atoms with Gasteiger partial charge >= 0.3 is 5.69 Å². The molecule has 1 aromatic rings. The monoisotopic (exact) mass is 243 g/mol. The molecule has 1 saturated heterocycles. The fraction of sp³-hybridized carbons (Fsp3) is 0.556. The Morgan fingerprint density at radius 2 is 2.47 bits per heavy atom. The SMILES string of the molecule is Nc1ccn(O[C@@H]2CO[C@H](CO)C2O)c(=O)n1. The van der Waals surface area contributed by atoms with Gasteiger partial charge in [-0.1, -0.05) is 0 Å². The van der Waals surface area contributed by atoms with Crippen LogP contribution in [-0.4, -0.2) is 51.5 Å². The number of aromatic nitrogens is 2. The molecule has 8 heteroatoms. The van der Waals surface area contributed by atoms with E-state index in [0.717, 1.165) is 4.73 Å². The lowest BCUT2D eigenvalue weighted by atomic mass is 10.2. The zero-order chi connectivity index (χ0) is 12.4. The zero-order valence-electron chi connectivity index (χ0n) is 8.89. The van der Waals surface area contributed by atoms with Crippen molar-refractivity contribution in [2.24, 2.45) is 0 Å². The van der Waals surface area contributed by atoms with Crippen LogP contribution in [0.4, 0.5) is 5.82 Å². The molecule has 8 nitrogen and oxygen atoms in total. The highest BCUT2D eigenvalue weighted by atomic mass is 16.7. The average molecular weight is 243 g/mol. The van der Waals surface area contributed by atoms with Gasteiger partial charge in [0, 0.05) is 6.07 Å². The number of aliphatic hydroxyl groups excluding tert-OH is 2. The summed E-state index contributed by atoms with van der Waals surface area (Å²) in [4.78, 5) is 20.0. The molecular weight excluding hydrogens is 230 g/mol. The molecule has 2 rings (SSSR count). The van der Waals surface area contributed by atoms with E-state index in [1.165, 1.54) is 12.3 Å². The molecule has 17 heavy (non-hydrogen) atoms. The Labute approximate surface area is 96.2 Å². The molecule has 1 aliphatic heterocycles. The van der Waals surface area contributed by atoms with E-state index in [0.29, 0.717) is 0 Å². The van der Waals surface area contributed by atoms with E-state index in [1.54, 1.807) is 0 Å². The minimum absolute atomic E-state index is 0.0865. The molecular formula is C9H13N3O5. The Morgan fingerprint density at radius 1 is 1.71 bits per heavy atom. The van der Waals surface area contributed by atoms with Gasteiger partial charge in [-0.15, -0.1) is 4.73 Å². The highest BCUT2D eigenvalue weighted by molar-refractivity contribution is 5.23. The van der Waals surface area contributed by atoms with E-state index in [9.17, 15) is 9.90 Å². The lowest BCUT2D eigenvalue weighted by Crippen LogP contribution is -2.42. The molecule has 2 heterocycles. The number of nitrogen functional groups attached to an aromatic ring is 1. The van der Waals surface area contributed by atoms with E-state index in [1.807, 2.05) is 0 Å². The zero-order valence-corrected chi connectivity index (χ0v) is 8.89. The van der Waals surface area contributed by atoms with Gasteiger partial charge in [0.1, 0.15) is 18.0 Å². The van der Waals surface area contributed by atoms with Crippen molar-refractivity contribution in [3.8, 4) is 0 Å². The third kappa shape index (κ3) is 2.38. The summed E-state index contributed by atoms with van der Waals surface area (Å²) in [5, 5.41) is 18.6. The van der Waals surface area contributed by atoms with Crippen LogP contribution in [0, 0.1) is 0 Å². The topological polar surface area (TPSA) is 120 Å². The predicted molar refractivity (Wildman–Crippen MR) is 56.1 cm³/mol. The number of hydrogen-bond donors (Lipinski definition) is 3. The van der Waals surface area contributed by atoms with Crippen molar-refractivity contribution in [2.45, 2.75) is 18.3 Å². The molecule has 0 saturated carbocycles. The summed E-state index contributed by atoms with van der Waals surface area (Å²) in [5.74, 6) is 0.0892. The predicted octanol–water partition coefficient (Wildman–Crippen LogP) is -2.63. The quantitative estimate of drug-likeness (QED) is 0.531. The van der Waals surface area contributed by atoms with Crippen LogP contribution in [0.2, 0.25) is 0 Å². The van der Waals surface area contributed by atoms with Crippen LogP contribution in [0.5, 0.6) is 0 Å². The maximum absolute atomic E-state index is 11.4. The van der Waals surface area contributed by atoms with E-state index >= 15 is 0 Å². The lowest BCUT2D eigenvalue weighted by Gasteiger charge is -2.17. The van der Waals surface area contributed by atoms with Crippen molar-refractivity contribution in [3.05, 3.63) is 22.7 Å². The van der Waals surface area contributed by atoms with Crippen molar-refractivity contribution in [1.82, 2.24) is 9.71 Å². The van der Waals surface area contributed by atoms with Gasteiger partial charge < -0.3 is 25.5 Å². The minimum Gasteiger partial charge on any atom is -0.401 e. The summed E-state index contributed by atoms with van der Waals surface area (Å²) in [6.45, 7) is -0.223. The van der Waals surface area contributed by atoms with Gasteiger partial charge in [-0.2, -0.15) is 4.98 Å². The number of anilines is 1. The van der Waals surface area contributed by atoms with Crippen molar-refractivity contribution < 1.29 is 19.8 Å². The molecule has 0 spiro atoms. The lowest BCUT2D eigenvalue weighted by molar-refractivity contribution is -0.0374. The van der Waals surface area contributed by atoms with Crippen LogP contribution in [0.3, 0.4) is 0 Å². The minimum atomic E-state index is -0.996. The van der Waals surface area contributed by atoms with E-state index < -0.39 is 24.0 Å². The summed E-state index contributed by atoms with van der Waals surface area (Å²) in [7, 11) is 0. The molecule has 1 aromatic heterocycles. The van der Waals surface area contributed by atoms with Crippen LogP contribution in [0.15, 0.2) is 17.1 Å². The molecule has 0 radical (unpaired) electrons. The highest BCUT2D eigenvalue weighted by Crippen LogP contribution is 2.14. The second-order valence-corrected chi connectivity index (χ2v) is 3.65. The van der Waals surface area contributed by atoms with Crippen LogP contribution >= 0.6 is 0 Å². The van der Waals surface area contributed by atoms with Crippen LogP contribution in [-0.2, 0) is 4.74 Å². The normalized spacial score (nSPS) is 28.2. The molecule has 0 amide bonds. The fourth-order valence-corrected chi connectivity index (χ4v) is 1.54. The maximum Gasteiger partial charge on any atom is 0.382 e. The smallest absolute Gasteiger partial charge is 0.382 e. The number of rotatable bonds is 3. The van der Waals surface area contributed by atoms with Crippen LogP contribution < -0.4 is 16.3 Å². The fourth-order valence-electron chi connectivity index (χ4n) is 1.54. The van der Waals surface area contributed by atoms with Gasteiger partial charge in [0.05, 0.1) is 19.4 Å². The first-order valence-electron chi connectivity index (χ1n) is 5.04. The molecule has 3 atom stereocenters. The van der Waals surface area contributed by atoms with Crippen LogP contribution in [0.25, 0.3) is 0 Å². The Hall–Kier alpha value is -1.64. The maximum atomic E-state index is 11.4. The molecule has 0 bridgehead atoms. The molecule has 1 aliphatic rings. The summed E-state index contributed by atoms with van der Waals surface area (Å²) < 4.78 is 5.95. The third-order valence-corrected chi connectivity index (χ3v) is 2.46. The molecule has 0 aliphatic carbocycles. The Morgan fingerprint density at radius 3 is 3.06 bits per heavy atom. The van der Waals surface area contributed by atoms with Crippen molar-refractivity contribution in [3.63, 3.8) is 0 Å². The molecule has 4 N–H and O–H groups in total. The number of ether oxygens (including phenoxy) is 1. The van der Waals surface area contributed by atoms with Crippen molar-refractivity contribution >= 4 is 5.82 Å². The van der Waals surface area contributed by atoms with E-state index in [-0.39, 0.29) is 19.0 Å². The first-order chi connectivity index (χ1) is 8.11. The van der Waals surface area contributed by atoms with Crippen LogP contribution in [0.1, 0.15) is 0 Å². The molecule has 1 unspecified atom stereocenters. The number of nitrogens with two attached hydrogens (primary N) is 1. The van der Waals surface area contributed by atoms with Gasteiger partial charge in [0.25, 0.3) is 0 Å². The Kier molecular flexibility index (Phi) is 3.27. The summed E-state index contributed by atoms with van der Waals surface area (Å²) >= 11 is 0. The van der Waals surface area contributed by atoms with Crippen molar-refractivity contribution in [2.75, 3.05) is 18.9 Å². The standard InChI is InChI=1S/C9H13N3O5/c10-7-1-2-12(9(15)11-7)17-6-4-16-5(3-13)8(6)14/h1-2,5-6,8,13-14H,3-4H2,(H2,10,11,15)/t5-,6-,8?/m1/s1. The second kappa shape index (κ2) is 4.70. The summed E-state index contributed by atoms with van der Waals surface area (Å²) in [6, 6.07) is 1.40. The molecule has 1 fully saturated rings. The molecule has 94 valence electrons. The highest BCUT2D eigenvalue weighted by Gasteiger charge is 2.37. The van der Waals surface area contributed by atoms with E-state index in [2.05, 4.69) is 4.98 Å².